The Bertz CT molecular complexity index is 822. The van der Waals surface area contributed by atoms with E-state index in [1.54, 1.807) is 0 Å². The van der Waals surface area contributed by atoms with Crippen molar-refractivity contribution in [3.8, 4) is 0 Å². The van der Waals surface area contributed by atoms with Crippen LogP contribution in [0.4, 0.5) is 0 Å². The van der Waals surface area contributed by atoms with Crippen LogP contribution in [0.3, 0.4) is 0 Å². The molecule has 0 saturated heterocycles. The number of hydrogen-bond donors (Lipinski definition) is 3. The van der Waals surface area contributed by atoms with Gasteiger partial charge in [-0.2, -0.15) is 0 Å². The molecular weight excluding hydrogens is 673 g/mol. The van der Waals surface area contributed by atoms with E-state index in [-0.39, 0.29) is 18.0 Å². The molecule has 0 fully saturated rings. The van der Waals surface area contributed by atoms with Crippen LogP contribution < -0.4 is 11.1 Å². The first-order chi connectivity index (χ1) is 26.4. The van der Waals surface area contributed by atoms with E-state index in [2.05, 4.69) is 19.2 Å². The molecule has 4 N–H and O–H groups in total. The zero-order valence-electron chi connectivity index (χ0n) is 36.1. The van der Waals surface area contributed by atoms with Crippen molar-refractivity contribution in [1.82, 2.24) is 5.32 Å². The molecule has 0 bridgehead atoms. The fourth-order valence-electron chi connectivity index (χ4n) is 7.57. The molecule has 7 nitrogen and oxygen atoms in total. The molecular formula is C47H92N2O5. The van der Waals surface area contributed by atoms with E-state index in [1.807, 2.05) is 0 Å². The van der Waals surface area contributed by atoms with Gasteiger partial charge in [0.25, 0.3) is 0 Å². The number of nitrogens with one attached hydrogen (secondary N) is 1. The molecule has 0 aromatic heterocycles. The van der Waals surface area contributed by atoms with Crippen molar-refractivity contribution in [2.75, 3.05) is 6.54 Å². The molecule has 320 valence electrons. The van der Waals surface area contributed by atoms with Crippen LogP contribution in [0.2, 0.25) is 0 Å². The van der Waals surface area contributed by atoms with Gasteiger partial charge < -0.3 is 20.9 Å². The first-order valence-corrected chi connectivity index (χ1v) is 23.9. The van der Waals surface area contributed by atoms with Gasteiger partial charge in [-0.1, -0.05) is 200 Å². The molecule has 0 saturated carbocycles. The topological polar surface area (TPSA) is 119 Å². The number of amides is 1. The van der Waals surface area contributed by atoms with Gasteiger partial charge in [0.15, 0.2) is 0 Å². The van der Waals surface area contributed by atoms with Gasteiger partial charge in [0.05, 0.1) is 0 Å². The summed E-state index contributed by atoms with van der Waals surface area (Å²) in [6.45, 7) is 4.95. The standard InChI is InChI=1S/C47H92N2O5/c1-3-5-7-9-11-12-13-14-15-16-17-18-19-20-21-22-23-24-25-26-31-35-41-46(51)54-43(37-32-28-10-8-6-4-2)38-33-29-27-30-34-40-45(50)49-44(47(52)53)39-36-42-48/h43-44H,3-42,48H2,1-2H3,(H,49,50)(H,52,53). The van der Waals surface area contributed by atoms with Crippen LogP contribution in [-0.2, 0) is 19.1 Å². The third-order valence-electron chi connectivity index (χ3n) is 11.2. The van der Waals surface area contributed by atoms with E-state index < -0.39 is 12.0 Å². The van der Waals surface area contributed by atoms with E-state index in [4.69, 9.17) is 10.5 Å². The zero-order chi connectivity index (χ0) is 39.6. The van der Waals surface area contributed by atoms with Gasteiger partial charge in [0, 0.05) is 12.8 Å². The van der Waals surface area contributed by atoms with Gasteiger partial charge in [0.1, 0.15) is 12.1 Å². The molecule has 2 atom stereocenters. The molecule has 2 unspecified atom stereocenters. The van der Waals surface area contributed by atoms with Crippen LogP contribution in [0.25, 0.3) is 0 Å². The van der Waals surface area contributed by atoms with Crippen LogP contribution in [0.5, 0.6) is 0 Å². The van der Waals surface area contributed by atoms with E-state index in [1.165, 1.54) is 161 Å². The number of aliphatic carboxylic acids is 1. The average molecular weight is 765 g/mol. The number of hydrogen-bond acceptors (Lipinski definition) is 5. The minimum atomic E-state index is -1.00. The summed E-state index contributed by atoms with van der Waals surface area (Å²) in [5.41, 5.74) is 5.48. The predicted molar refractivity (Wildman–Crippen MR) is 230 cm³/mol. The number of esters is 1. The fraction of sp³-hybridized carbons (Fsp3) is 0.936. The minimum absolute atomic E-state index is 0.0173. The van der Waals surface area contributed by atoms with E-state index in [0.717, 1.165) is 64.2 Å². The Morgan fingerprint density at radius 2 is 0.796 bits per heavy atom. The molecule has 0 radical (unpaired) electrons. The number of carbonyl (C=O) groups excluding carboxylic acids is 2. The quantitative estimate of drug-likeness (QED) is 0.0420. The molecule has 7 heteroatoms. The lowest BCUT2D eigenvalue weighted by molar-refractivity contribution is -0.150. The Hall–Kier alpha value is -1.63. The number of carbonyl (C=O) groups is 3. The SMILES string of the molecule is CCCCCCCCCCCCCCCCCCCCCCCCC(=O)OC(CCCCCCCC)CCCCCCCC(=O)NC(CCCN)C(=O)O. The summed E-state index contributed by atoms with van der Waals surface area (Å²) in [7, 11) is 0. The highest BCUT2D eigenvalue weighted by Gasteiger charge is 2.19. The molecule has 0 aromatic rings. The summed E-state index contributed by atoms with van der Waals surface area (Å²) in [6, 6.07) is -0.851. The number of unbranched alkanes of at least 4 members (excludes halogenated alkanes) is 30. The number of ether oxygens (including phenoxy) is 1. The lowest BCUT2D eigenvalue weighted by Gasteiger charge is -2.18. The molecule has 1 amide bonds. The van der Waals surface area contributed by atoms with Crippen LogP contribution >= 0.6 is 0 Å². The van der Waals surface area contributed by atoms with Gasteiger partial charge >= 0.3 is 11.9 Å². The molecule has 0 heterocycles. The van der Waals surface area contributed by atoms with Crippen molar-refractivity contribution in [3.05, 3.63) is 0 Å². The molecule has 0 rings (SSSR count). The number of carboxylic acid groups (broad SMARTS) is 1. The zero-order valence-corrected chi connectivity index (χ0v) is 36.1. The van der Waals surface area contributed by atoms with E-state index in [9.17, 15) is 19.5 Å². The van der Waals surface area contributed by atoms with Crippen molar-refractivity contribution in [2.45, 2.75) is 276 Å². The van der Waals surface area contributed by atoms with Gasteiger partial charge in [-0.3, -0.25) is 9.59 Å². The Balaban J connectivity index is 3.93. The highest BCUT2D eigenvalue weighted by atomic mass is 16.5. The van der Waals surface area contributed by atoms with Gasteiger partial charge in [-0.05, 0) is 57.9 Å². The third kappa shape index (κ3) is 38.6. The van der Waals surface area contributed by atoms with Crippen molar-refractivity contribution in [3.63, 3.8) is 0 Å². The van der Waals surface area contributed by atoms with Crippen LogP contribution in [0.15, 0.2) is 0 Å². The summed E-state index contributed by atoms with van der Waals surface area (Å²) in [5, 5.41) is 11.9. The second-order valence-electron chi connectivity index (χ2n) is 16.5. The Morgan fingerprint density at radius 3 is 1.15 bits per heavy atom. The Labute approximate surface area is 335 Å². The second kappa shape index (κ2) is 42.5. The average Bonchev–Trinajstić information content (AvgIpc) is 3.16. The van der Waals surface area contributed by atoms with E-state index in [0.29, 0.717) is 32.2 Å². The van der Waals surface area contributed by atoms with Gasteiger partial charge in [-0.15, -0.1) is 0 Å². The minimum Gasteiger partial charge on any atom is -0.480 e. The maximum absolute atomic E-state index is 12.7. The van der Waals surface area contributed by atoms with Crippen molar-refractivity contribution in [1.29, 1.82) is 0 Å². The van der Waals surface area contributed by atoms with Crippen molar-refractivity contribution in [2.24, 2.45) is 5.73 Å². The highest BCUT2D eigenvalue weighted by molar-refractivity contribution is 5.83. The fourth-order valence-corrected chi connectivity index (χ4v) is 7.57. The number of nitrogens with two attached hydrogens (primary N) is 1. The largest absolute Gasteiger partial charge is 0.480 e. The number of carboxylic acids is 1. The molecule has 0 aliphatic rings. The summed E-state index contributed by atoms with van der Waals surface area (Å²) in [5.74, 6) is -1.22. The normalized spacial score (nSPS) is 12.5. The van der Waals surface area contributed by atoms with Crippen molar-refractivity contribution < 1.29 is 24.2 Å². The molecule has 0 aliphatic heterocycles. The summed E-state index contributed by atoms with van der Waals surface area (Å²) >= 11 is 0. The predicted octanol–water partition coefficient (Wildman–Crippen LogP) is 13.7. The second-order valence-corrected chi connectivity index (χ2v) is 16.5. The van der Waals surface area contributed by atoms with E-state index >= 15 is 0 Å². The number of rotatable bonds is 44. The first-order valence-electron chi connectivity index (χ1n) is 23.9. The molecule has 0 aromatic carbocycles. The first kappa shape index (κ1) is 52.4. The summed E-state index contributed by atoms with van der Waals surface area (Å²) < 4.78 is 6.02. The Morgan fingerprint density at radius 1 is 0.463 bits per heavy atom. The monoisotopic (exact) mass is 765 g/mol. The Kier molecular flexibility index (Phi) is 41.2. The summed E-state index contributed by atoms with van der Waals surface area (Å²) in [6.07, 6.45) is 46.1. The van der Waals surface area contributed by atoms with Crippen LogP contribution in [0.1, 0.15) is 264 Å². The van der Waals surface area contributed by atoms with Crippen LogP contribution in [-0.4, -0.2) is 41.6 Å². The lowest BCUT2D eigenvalue weighted by Crippen LogP contribution is -2.40. The van der Waals surface area contributed by atoms with Crippen molar-refractivity contribution >= 4 is 17.8 Å². The maximum atomic E-state index is 12.7. The molecule has 54 heavy (non-hydrogen) atoms. The third-order valence-corrected chi connectivity index (χ3v) is 11.2. The molecule has 0 aliphatic carbocycles. The van der Waals surface area contributed by atoms with Crippen LogP contribution in [0, 0.1) is 0 Å². The lowest BCUT2D eigenvalue weighted by atomic mass is 10.0. The molecule has 0 spiro atoms. The smallest absolute Gasteiger partial charge is 0.326 e. The highest BCUT2D eigenvalue weighted by Crippen LogP contribution is 2.19. The van der Waals surface area contributed by atoms with Gasteiger partial charge in [-0.25, -0.2) is 4.79 Å². The van der Waals surface area contributed by atoms with Gasteiger partial charge in [0.2, 0.25) is 5.91 Å². The summed E-state index contributed by atoms with van der Waals surface area (Å²) in [4.78, 5) is 36.3. The maximum Gasteiger partial charge on any atom is 0.326 e.